The summed E-state index contributed by atoms with van der Waals surface area (Å²) in [6, 6.07) is 0. The first-order chi connectivity index (χ1) is 12.9. The molecule has 0 aromatic rings. The van der Waals surface area contributed by atoms with Gasteiger partial charge in [-0.2, -0.15) is 3.89 Å². The number of unbranched alkanes of at least 4 members (excludes halogenated alkanes) is 2. The molecule has 1 N–H and O–H groups in total. The summed E-state index contributed by atoms with van der Waals surface area (Å²) >= 11 is 0. The first kappa shape index (κ1) is 36.8. The molecule has 0 unspecified atom stereocenters. The molecule has 0 atom stereocenters. The Morgan fingerprint density at radius 2 is 0.933 bits per heavy atom. The highest BCUT2D eigenvalue weighted by Gasteiger charge is 2.27. The summed E-state index contributed by atoms with van der Waals surface area (Å²) in [6.07, 6.45) is 5.40. The first-order valence-corrected chi connectivity index (χ1v) is 10.7. The lowest BCUT2D eigenvalue weighted by Gasteiger charge is -2.29. The fraction of sp³-hybridized carbons (Fsp3) is 1.00. The Kier molecular flexibility index (Phi) is 19.7. The van der Waals surface area contributed by atoms with E-state index in [1.165, 1.54) is 57.4 Å². The Balaban J connectivity index is -0.000000160. The van der Waals surface area contributed by atoms with E-state index in [0.29, 0.717) is 6.54 Å². The molecule has 0 aromatic heterocycles. The predicted molar refractivity (Wildman–Crippen MR) is 106 cm³/mol. The van der Waals surface area contributed by atoms with Crippen LogP contribution in [0.2, 0.25) is 0 Å². The van der Waals surface area contributed by atoms with Gasteiger partial charge in [-0.05, 0) is 19.8 Å². The Bertz CT molecular complexity index is 482. The lowest BCUT2D eigenvalue weighted by molar-refractivity contribution is -0.890. The van der Waals surface area contributed by atoms with Crippen molar-refractivity contribution in [1.82, 2.24) is 0 Å². The van der Waals surface area contributed by atoms with E-state index in [0.717, 1.165) is 0 Å². The van der Waals surface area contributed by atoms with E-state index >= 15 is 0 Å². The summed E-state index contributed by atoms with van der Waals surface area (Å²) < 4.78 is 108. The van der Waals surface area contributed by atoms with Gasteiger partial charge in [0.2, 0.25) is 0 Å². The fourth-order valence-corrected chi connectivity index (χ4v) is 1.77. The number of hydrogen-bond donors (Lipinski definition) is 1. The minimum Gasteiger partial charge on any atom is -0.418 e. The Labute approximate surface area is 175 Å². The smallest absolute Gasteiger partial charge is 0.418 e. The standard InChI is InChI=1S/C10H24N.C4H11NO3S.2BF4/c1-5-7-9-11(3,4)10-8-6-2;1-4-5(2,3)9(6,7)8;2*2-1(3,4)5/h5-10H2,1-4H3;4H2,1-3H3;;/q+1;;2*-1/p+1. The van der Waals surface area contributed by atoms with Crippen LogP contribution in [-0.2, 0) is 10.3 Å². The van der Waals surface area contributed by atoms with Gasteiger partial charge >= 0.3 is 24.8 Å². The van der Waals surface area contributed by atoms with E-state index in [1.807, 2.05) is 0 Å². The molecule has 0 aliphatic rings. The van der Waals surface area contributed by atoms with Gasteiger partial charge in [-0.25, -0.2) is 4.55 Å². The van der Waals surface area contributed by atoms with Gasteiger partial charge < -0.3 is 39.0 Å². The van der Waals surface area contributed by atoms with Crippen molar-refractivity contribution >= 4 is 24.8 Å². The van der Waals surface area contributed by atoms with Crippen molar-refractivity contribution in [2.75, 3.05) is 47.8 Å². The lowest BCUT2D eigenvalue weighted by Crippen LogP contribution is -2.44. The highest BCUT2D eigenvalue weighted by atomic mass is 32.2. The summed E-state index contributed by atoms with van der Waals surface area (Å²) in [5, 5.41) is 0. The van der Waals surface area contributed by atoms with E-state index in [9.17, 15) is 42.9 Å². The van der Waals surface area contributed by atoms with E-state index in [-0.39, 0.29) is 3.89 Å². The van der Waals surface area contributed by atoms with Gasteiger partial charge in [0.05, 0.1) is 47.8 Å². The quantitative estimate of drug-likeness (QED) is 0.224. The molecule has 0 amide bonds. The summed E-state index contributed by atoms with van der Waals surface area (Å²) in [5.74, 6) is 0. The van der Waals surface area contributed by atoms with Crippen molar-refractivity contribution in [3.63, 3.8) is 0 Å². The third-order valence-corrected chi connectivity index (χ3v) is 5.13. The highest BCUT2D eigenvalue weighted by Crippen LogP contribution is 2.07. The molecule has 30 heavy (non-hydrogen) atoms. The SMILES string of the molecule is CCCC[N+](C)(C)CCCC.CC[N+](C)(C)S(=O)(=O)O.F[B-](F)(F)F.F[B-](F)(F)F. The Morgan fingerprint density at radius 1 is 0.700 bits per heavy atom. The number of halogens is 8. The van der Waals surface area contributed by atoms with Gasteiger partial charge in [0.25, 0.3) is 0 Å². The van der Waals surface area contributed by atoms with E-state index in [1.54, 1.807) is 6.92 Å². The van der Waals surface area contributed by atoms with Crippen LogP contribution in [0.4, 0.5) is 34.5 Å². The molecule has 0 aliphatic carbocycles. The average Bonchev–Trinajstić information content (AvgIpc) is 2.47. The zero-order valence-electron chi connectivity index (χ0n) is 18.7. The molecule has 0 bridgehead atoms. The maximum Gasteiger partial charge on any atom is 0.673 e. The Morgan fingerprint density at radius 3 is 1.03 bits per heavy atom. The second-order valence-electron chi connectivity index (χ2n) is 7.42. The molecule has 0 saturated heterocycles. The maximum absolute atomic E-state index is 10.4. The largest absolute Gasteiger partial charge is 0.673 e. The minimum atomic E-state index is -6.00. The van der Waals surface area contributed by atoms with Crippen LogP contribution in [0.1, 0.15) is 46.5 Å². The van der Waals surface area contributed by atoms with Gasteiger partial charge in [-0.3, -0.25) is 0 Å². The van der Waals surface area contributed by atoms with Gasteiger partial charge in [-0.15, -0.1) is 8.42 Å². The number of rotatable bonds is 8. The molecule has 0 heterocycles. The van der Waals surface area contributed by atoms with Gasteiger partial charge in [0, 0.05) is 0 Å². The van der Waals surface area contributed by atoms with Crippen molar-refractivity contribution in [1.29, 1.82) is 0 Å². The van der Waals surface area contributed by atoms with Crippen LogP contribution in [0.3, 0.4) is 0 Å². The van der Waals surface area contributed by atoms with Gasteiger partial charge in [-0.1, -0.05) is 26.7 Å². The molecule has 0 aliphatic heterocycles. The Hall–Kier alpha value is -0.600. The molecule has 0 rings (SSSR count). The van der Waals surface area contributed by atoms with E-state index in [2.05, 4.69) is 27.9 Å². The molecule has 188 valence electrons. The summed E-state index contributed by atoms with van der Waals surface area (Å²) in [4.78, 5) is 0. The number of nitrogens with zero attached hydrogens (tertiary/aromatic N) is 2. The second-order valence-corrected chi connectivity index (χ2v) is 9.30. The maximum atomic E-state index is 10.4. The molecule has 0 fully saturated rings. The number of quaternary nitrogens is 2. The molecule has 5 nitrogen and oxygen atoms in total. The van der Waals surface area contributed by atoms with Crippen LogP contribution < -0.4 is 0 Å². The third kappa shape index (κ3) is 41.7. The summed E-state index contributed by atoms with van der Waals surface area (Å²) in [7, 11) is -8.39. The topological polar surface area (TPSA) is 54.4 Å². The summed E-state index contributed by atoms with van der Waals surface area (Å²) in [6.45, 7) is 9.26. The van der Waals surface area contributed by atoms with Crippen molar-refractivity contribution in [2.45, 2.75) is 46.5 Å². The predicted octanol–water partition coefficient (Wildman–Crippen LogP) is 5.15. The molecule has 16 heteroatoms. The molecule has 0 spiro atoms. The molecule has 0 aromatic carbocycles. The average molecular weight is 486 g/mol. The van der Waals surface area contributed by atoms with Crippen molar-refractivity contribution in [2.24, 2.45) is 0 Å². The van der Waals surface area contributed by atoms with Crippen molar-refractivity contribution in [3.8, 4) is 0 Å². The van der Waals surface area contributed by atoms with Crippen molar-refractivity contribution in [3.05, 3.63) is 0 Å². The van der Waals surface area contributed by atoms with Gasteiger partial charge in [0.15, 0.2) is 0 Å². The normalized spacial score (nSPS) is 12.5. The van der Waals surface area contributed by atoms with E-state index in [4.69, 9.17) is 4.55 Å². The second kappa shape index (κ2) is 16.1. The zero-order chi connectivity index (χ0) is 25.4. The fourth-order valence-electron chi connectivity index (χ4n) is 1.45. The lowest BCUT2D eigenvalue weighted by atomic mass is 10.2. The van der Waals surface area contributed by atoms with E-state index < -0.39 is 24.8 Å². The van der Waals surface area contributed by atoms with Crippen LogP contribution in [0, 0.1) is 0 Å². The first-order valence-electron chi connectivity index (χ1n) is 9.30. The van der Waals surface area contributed by atoms with Crippen LogP contribution in [0.15, 0.2) is 0 Å². The molecular weight excluding hydrogens is 450 g/mol. The van der Waals surface area contributed by atoms with Crippen LogP contribution in [-0.4, -0.2) is 83.7 Å². The van der Waals surface area contributed by atoms with Crippen LogP contribution >= 0.6 is 0 Å². The highest BCUT2D eigenvalue weighted by molar-refractivity contribution is 7.80. The molecule has 0 radical (unpaired) electrons. The third-order valence-electron chi connectivity index (χ3n) is 3.62. The molecule has 0 saturated carbocycles. The van der Waals surface area contributed by atoms with Crippen LogP contribution in [0.25, 0.3) is 0 Å². The molecular formula is C14H36B2F8N2O3S. The minimum absolute atomic E-state index is 0.360. The van der Waals surface area contributed by atoms with Crippen molar-refractivity contribution < 1.29 is 55.9 Å². The monoisotopic (exact) mass is 486 g/mol. The number of hydrogen-bond acceptors (Lipinski definition) is 2. The summed E-state index contributed by atoms with van der Waals surface area (Å²) in [5.41, 5.74) is 0. The zero-order valence-corrected chi connectivity index (χ0v) is 19.5. The van der Waals surface area contributed by atoms with Crippen LogP contribution in [0.5, 0.6) is 0 Å². The van der Waals surface area contributed by atoms with Gasteiger partial charge in [0.1, 0.15) is 0 Å².